The monoisotopic (exact) mass is 289 g/mol. The Morgan fingerprint density at radius 3 is 2.76 bits per heavy atom. The molecule has 0 saturated heterocycles. The summed E-state index contributed by atoms with van der Waals surface area (Å²) in [6.07, 6.45) is 3.24. The Kier molecular flexibility index (Phi) is 3.88. The molecule has 2 aromatic carbocycles. The Morgan fingerprint density at radius 1 is 1.14 bits per heavy atom. The highest BCUT2D eigenvalue weighted by Gasteiger charge is 2.19. The molecule has 1 aliphatic rings. The fourth-order valence-electron chi connectivity index (χ4n) is 2.84. The van der Waals surface area contributed by atoms with Crippen molar-refractivity contribution >= 4 is 0 Å². The van der Waals surface area contributed by atoms with E-state index in [4.69, 9.17) is 4.74 Å². The Hall–Kier alpha value is -1.94. The third-order valence-corrected chi connectivity index (χ3v) is 3.90. The van der Waals surface area contributed by atoms with Crippen LogP contribution < -0.4 is 10.1 Å². The fourth-order valence-corrected chi connectivity index (χ4v) is 2.84. The van der Waals surface area contributed by atoms with Gasteiger partial charge >= 0.3 is 0 Å². The van der Waals surface area contributed by atoms with Crippen LogP contribution in [0.3, 0.4) is 0 Å². The molecule has 3 rings (SSSR count). The second-order valence-corrected chi connectivity index (χ2v) is 5.27. The molecule has 0 spiro atoms. The topological polar surface area (TPSA) is 21.3 Å². The second kappa shape index (κ2) is 5.82. The van der Waals surface area contributed by atoms with Crippen LogP contribution in [0.5, 0.6) is 11.5 Å². The number of hydrogen-bond donors (Lipinski definition) is 1. The third kappa shape index (κ3) is 2.90. The lowest BCUT2D eigenvalue weighted by molar-refractivity contribution is 0.434. The van der Waals surface area contributed by atoms with Gasteiger partial charge in [0.2, 0.25) is 0 Å². The molecular weight excluding hydrogens is 272 g/mol. The van der Waals surface area contributed by atoms with Gasteiger partial charge in [-0.3, -0.25) is 0 Å². The van der Waals surface area contributed by atoms with Crippen LogP contribution in [0.4, 0.5) is 8.78 Å². The highest BCUT2D eigenvalue weighted by atomic mass is 19.1. The van der Waals surface area contributed by atoms with Crippen molar-refractivity contribution < 1.29 is 13.5 Å². The summed E-state index contributed by atoms with van der Waals surface area (Å²) in [7, 11) is 1.96. The van der Waals surface area contributed by atoms with Gasteiger partial charge in [0.25, 0.3) is 0 Å². The highest BCUT2D eigenvalue weighted by molar-refractivity contribution is 5.41. The lowest BCUT2D eigenvalue weighted by Crippen LogP contribution is -2.21. The van der Waals surface area contributed by atoms with E-state index in [2.05, 4.69) is 5.32 Å². The molecule has 0 radical (unpaired) electrons. The number of aryl methyl sites for hydroxylation is 1. The molecule has 0 heterocycles. The molecule has 0 amide bonds. The number of fused-ring (bicyclic) bond motifs is 1. The first kappa shape index (κ1) is 14.0. The van der Waals surface area contributed by atoms with Crippen molar-refractivity contribution in [3.8, 4) is 11.5 Å². The summed E-state index contributed by atoms with van der Waals surface area (Å²) in [6, 6.07) is 9.48. The highest BCUT2D eigenvalue weighted by Crippen LogP contribution is 2.33. The first-order valence-corrected chi connectivity index (χ1v) is 7.10. The van der Waals surface area contributed by atoms with Gasteiger partial charge in [-0.2, -0.15) is 0 Å². The molecule has 1 N–H and O–H groups in total. The molecule has 4 heteroatoms. The number of hydrogen-bond acceptors (Lipinski definition) is 2. The zero-order chi connectivity index (χ0) is 14.8. The first-order chi connectivity index (χ1) is 10.2. The van der Waals surface area contributed by atoms with Crippen LogP contribution in [0.15, 0.2) is 36.4 Å². The molecule has 0 aliphatic heterocycles. The van der Waals surface area contributed by atoms with Crippen LogP contribution in [0.1, 0.15) is 30.0 Å². The second-order valence-electron chi connectivity index (χ2n) is 5.27. The minimum atomic E-state index is -0.694. The van der Waals surface area contributed by atoms with E-state index < -0.39 is 11.6 Å². The third-order valence-electron chi connectivity index (χ3n) is 3.90. The summed E-state index contributed by atoms with van der Waals surface area (Å²) < 4.78 is 32.0. The molecule has 0 bridgehead atoms. The Bertz CT molecular complexity index is 657. The summed E-state index contributed by atoms with van der Waals surface area (Å²) in [5.41, 5.74) is 2.50. The van der Waals surface area contributed by atoms with E-state index in [-0.39, 0.29) is 5.75 Å². The molecule has 110 valence electrons. The molecule has 1 aliphatic carbocycles. The predicted molar refractivity (Wildman–Crippen MR) is 77.6 cm³/mol. The summed E-state index contributed by atoms with van der Waals surface area (Å²) in [6.45, 7) is 0. The molecule has 21 heavy (non-hydrogen) atoms. The van der Waals surface area contributed by atoms with Gasteiger partial charge in [0.05, 0.1) is 0 Å². The van der Waals surface area contributed by atoms with Crippen molar-refractivity contribution in [2.45, 2.75) is 25.3 Å². The van der Waals surface area contributed by atoms with Crippen molar-refractivity contribution in [3.05, 3.63) is 59.2 Å². The van der Waals surface area contributed by atoms with Gasteiger partial charge in [-0.1, -0.05) is 6.07 Å². The maximum Gasteiger partial charge on any atom is 0.168 e. The molecular formula is C17H17F2NO. The summed E-state index contributed by atoms with van der Waals surface area (Å²) in [5, 5.41) is 3.30. The van der Waals surface area contributed by atoms with Crippen LogP contribution in [0.25, 0.3) is 0 Å². The van der Waals surface area contributed by atoms with E-state index in [0.717, 1.165) is 25.3 Å². The van der Waals surface area contributed by atoms with Gasteiger partial charge in [0, 0.05) is 12.1 Å². The SMILES string of the molecule is CN[C@@H]1CCCc2cc(Oc3ccc(F)cc3F)ccc21. The van der Waals surface area contributed by atoms with Crippen LogP contribution in [0, 0.1) is 11.6 Å². The van der Waals surface area contributed by atoms with E-state index in [1.165, 1.54) is 23.3 Å². The molecule has 0 saturated carbocycles. The van der Waals surface area contributed by atoms with Crippen LogP contribution >= 0.6 is 0 Å². The number of nitrogens with one attached hydrogen (secondary N) is 1. The van der Waals surface area contributed by atoms with Gasteiger partial charge in [-0.15, -0.1) is 0 Å². The van der Waals surface area contributed by atoms with E-state index >= 15 is 0 Å². The standard InChI is InChI=1S/C17H17F2NO/c1-20-16-4-2-3-11-9-13(6-7-14(11)16)21-17-8-5-12(18)10-15(17)19/h5-10,16,20H,2-4H2,1H3/t16-/m1/s1. The Morgan fingerprint density at radius 2 is 2.00 bits per heavy atom. The Labute approximate surface area is 122 Å². The average molecular weight is 289 g/mol. The van der Waals surface area contributed by atoms with Crippen molar-refractivity contribution in [1.82, 2.24) is 5.32 Å². The molecule has 0 aromatic heterocycles. The van der Waals surface area contributed by atoms with E-state index in [1.807, 2.05) is 25.2 Å². The average Bonchev–Trinajstić information content (AvgIpc) is 2.49. The predicted octanol–water partition coefficient (Wildman–Crippen LogP) is 4.35. The Balaban J connectivity index is 1.87. The van der Waals surface area contributed by atoms with Crippen molar-refractivity contribution in [1.29, 1.82) is 0 Å². The van der Waals surface area contributed by atoms with Gasteiger partial charge in [-0.25, -0.2) is 8.78 Å². The normalized spacial score (nSPS) is 17.4. The van der Waals surface area contributed by atoms with Gasteiger partial charge in [0.15, 0.2) is 11.6 Å². The first-order valence-electron chi connectivity index (χ1n) is 7.10. The lowest BCUT2D eigenvalue weighted by Gasteiger charge is -2.25. The van der Waals surface area contributed by atoms with Gasteiger partial charge in [0.1, 0.15) is 11.6 Å². The van der Waals surface area contributed by atoms with Crippen LogP contribution in [0.2, 0.25) is 0 Å². The number of ether oxygens (including phenoxy) is 1. The fraction of sp³-hybridized carbons (Fsp3) is 0.294. The summed E-state index contributed by atoms with van der Waals surface area (Å²) in [4.78, 5) is 0. The van der Waals surface area contributed by atoms with Crippen LogP contribution in [-0.2, 0) is 6.42 Å². The zero-order valence-electron chi connectivity index (χ0n) is 11.8. The lowest BCUT2D eigenvalue weighted by atomic mass is 9.87. The molecule has 1 atom stereocenters. The molecule has 0 fully saturated rings. The molecule has 2 aromatic rings. The molecule has 0 unspecified atom stereocenters. The maximum atomic E-state index is 13.6. The largest absolute Gasteiger partial charge is 0.454 e. The maximum absolute atomic E-state index is 13.6. The van der Waals surface area contributed by atoms with Crippen molar-refractivity contribution in [2.24, 2.45) is 0 Å². The molecule has 2 nitrogen and oxygen atoms in total. The minimum Gasteiger partial charge on any atom is -0.454 e. The minimum absolute atomic E-state index is 0.0392. The van der Waals surface area contributed by atoms with E-state index in [9.17, 15) is 8.78 Å². The summed E-state index contributed by atoms with van der Waals surface area (Å²) >= 11 is 0. The van der Waals surface area contributed by atoms with Gasteiger partial charge < -0.3 is 10.1 Å². The summed E-state index contributed by atoms with van der Waals surface area (Å²) in [5.74, 6) is -0.684. The number of benzene rings is 2. The number of rotatable bonds is 3. The van der Waals surface area contributed by atoms with Gasteiger partial charge in [-0.05, 0) is 61.7 Å². The van der Waals surface area contributed by atoms with E-state index in [1.54, 1.807) is 0 Å². The zero-order valence-corrected chi connectivity index (χ0v) is 11.8. The van der Waals surface area contributed by atoms with E-state index in [0.29, 0.717) is 11.8 Å². The van der Waals surface area contributed by atoms with Crippen molar-refractivity contribution in [3.63, 3.8) is 0 Å². The smallest absolute Gasteiger partial charge is 0.168 e. The van der Waals surface area contributed by atoms with Crippen molar-refractivity contribution in [2.75, 3.05) is 7.05 Å². The quantitative estimate of drug-likeness (QED) is 0.906. The number of halogens is 2. The van der Waals surface area contributed by atoms with Crippen LogP contribution in [-0.4, -0.2) is 7.05 Å².